The molecule has 0 aromatic carbocycles. The van der Waals surface area contributed by atoms with E-state index in [0.717, 1.165) is 36.3 Å². The summed E-state index contributed by atoms with van der Waals surface area (Å²) in [6, 6.07) is 0. The lowest BCUT2D eigenvalue weighted by Gasteiger charge is -2.33. The number of carbonyl (C=O) groups is 3. The maximum atomic E-state index is 12.9. The Balaban J connectivity index is 1.56. The van der Waals surface area contributed by atoms with Gasteiger partial charge in [0, 0.05) is 30.0 Å². The highest BCUT2D eigenvalue weighted by molar-refractivity contribution is 8.20. The molecular weight excluding hydrogens is 475 g/mol. The van der Waals surface area contributed by atoms with Crippen LogP contribution in [0.2, 0.25) is 0 Å². The minimum atomic E-state index is -0.593. The van der Waals surface area contributed by atoms with Gasteiger partial charge in [-0.3, -0.25) is 20.4 Å². The molecule has 3 rings (SSSR count). The lowest BCUT2D eigenvalue weighted by Crippen LogP contribution is -2.43. The van der Waals surface area contributed by atoms with Crippen molar-refractivity contribution in [2.24, 2.45) is 0 Å². The van der Waals surface area contributed by atoms with Crippen LogP contribution < -0.4 is 16.2 Å². The second-order valence-corrected chi connectivity index (χ2v) is 13.4. The van der Waals surface area contributed by atoms with Gasteiger partial charge in [-0.15, -0.1) is 46.6 Å². The highest BCUT2D eigenvalue weighted by Gasteiger charge is 2.45. The minimum Gasteiger partial charge on any atom is -0.444 e. The molecule has 0 bridgehead atoms. The Labute approximate surface area is 199 Å². The maximum Gasteiger partial charge on any atom is 0.407 e. The van der Waals surface area contributed by atoms with Gasteiger partial charge in [-0.2, -0.15) is 0 Å². The SMILES string of the molecule is CSc1sc(C(=O)NNC(=O)CCNC(=O)OC(C)(C)C)c2c1C1(CCC2)SCCS1. The number of ether oxygens (including phenoxy) is 1. The van der Waals surface area contributed by atoms with Crippen LogP contribution >= 0.6 is 46.6 Å². The number of rotatable bonds is 5. The third kappa shape index (κ3) is 6.06. The van der Waals surface area contributed by atoms with Gasteiger partial charge in [0.2, 0.25) is 5.91 Å². The average molecular weight is 504 g/mol. The molecule has 1 saturated heterocycles. The molecule has 1 fully saturated rings. The molecule has 1 spiro atoms. The number of carbonyl (C=O) groups excluding carboxylic acids is 3. The first kappa shape index (κ1) is 24.6. The molecule has 7 nitrogen and oxygen atoms in total. The second-order valence-electron chi connectivity index (χ2n) is 8.26. The molecule has 0 unspecified atom stereocenters. The molecule has 1 aromatic heterocycles. The molecule has 31 heavy (non-hydrogen) atoms. The monoisotopic (exact) mass is 503 g/mol. The Morgan fingerprint density at radius 1 is 1.16 bits per heavy atom. The number of hydrogen-bond acceptors (Lipinski definition) is 8. The van der Waals surface area contributed by atoms with Crippen molar-refractivity contribution in [1.82, 2.24) is 16.2 Å². The zero-order chi connectivity index (χ0) is 22.6. The number of fused-ring (bicyclic) bond motifs is 2. The lowest BCUT2D eigenvalue weighted by atomic mass is 9.92. The van der Waals surface area contributed by atoms with Crippen molar-refractivity contribution in [3.05, 3.63) is 16.0 Å². The van der Waals surface area contributed by atoms with Gasteiger partial charge >= 0.3 is 6.09 Å². The fourth-order valence-electron chi connectivity index (χ4n) is 3.60. The smallest absolute Gasteiger partial charge is 0.407 e. The number of alkyl carbamates (subject to hydrolysis) is 1. The summed E-state index contributed by atoms with van der Waals surface area (Å²) in [4.78, 5) is 37.3. The van der Waals surface area contributed by atoms with E-state index in [0.29, 0.717) is 4.88 Å². The summed E-state index contributed by atoms with van der Waals surface area (Å²) in [5.41, 5.74) is 6.88. The molecule has 0 saturated carbocycles. The van der Waals surface area contributed by atoms with Crippen molar-refractivity contribution in [3.8, 4) is 0 Å². The van der Waals surface area contributed by atoms with Crippen LogP contribution in [0.25, 0.3) is 0 Å². The number of nitrogens with one attached hydrogen (secondary N) is 3. The molecule has 2 aliphatic rings. The van der Waals surface area contributed by atoms with E-state index in [9.17, 15) is 14.4 Å². The largest absolute Gasteiger partial charge is 0.444 e. The number of hydrazine groups is 1. The van der Waals surface area contributed by atoms with Crippen LogP contribution in [0.1, 0.15) is 60.8 Å². The first-order valence-corrected chi connectivity index (χ1v) is 14.2. The predicted molar refractivity (Wildman–Crippen MR) is 130 cm³/mol. The first-order valence-electron chi connectivity index (χ1n) is 10.2. The molecule has 3 amide bonds. The van der Waals surface area contributed by atoms with E-state index < -0.39 is 11.7 Å². The molecule has 2 heterocycles. The van der Waals surface area contributed by atoms with Crippen molar-refractivity contribution in [2.75, 3.05) is 24.3 Å². The summed E-state index contributed by atoms with van der Waals surface area (Å²) in [5.74, 6) is 1.63. The molecule has 1 aromatic rings. The van der Waals surface area contributed by atoms with Crippen LogP contribution in [-0.2, 0) is 20.0 Å². The first-order chi connectivity index (χ1) is 14.6. The van der Waals surface area contributed by atoms with Crippen LogP contribution in [0.5, 0.6) is 0 Å². The Bertz CT molecular complexity index is 844. The van der Waals surface area contributed by atoms with Gasteiger partial charge in [-0.25, -0.2) is 4.79 Å². The summed E-state index contributed by atoms with van der Waals surface area (Å²) < 4.78 is 6.41. The highest BCUT2D eigenvalue weighted by atomic mass is 32.2. The number of hydrogen-bond donors (Lipinski definition) is 3. The van der Waals surface area contributed by atoms with Crippen molar-refractivity contribution < 1.29 is 19.1 Å². The summed E-state index contributed by atoms with van der Waals surface area (Å²) in [6.45, 7) is 5.43. The Morgan fingerprint density at radius 2 is 1.87 bits per heavy atom. The van der Waals surface area contributed by atoms with Gasteiger partial charge in [0.1, 0.15) is 5.60 Å². The summed E-state index contributed by atoms with van der Waals surface area (Å²) in [6.07, 6.45) is 4.62. The standard InChI is InChI=1S/C20H29N3O4S4/c1-19(2,3)27-18(26)21-9-7-13(24)22-23-16(25)15-12-6-5-8-20(29-10-11-30-20)14(12)17(28-4)31-15/h5-11H2,1-4H3,(H,21,26)(H,22,24)(H,23,25). The van der Waals surface area contributed by atoms with E-state index >= 15 is 0 Å². The number of amides is 3. The second kappa shape index (κ2) is 10.3. The fourth-order valence-corrected chi connectivity index (χ4v) is 9.47. The van der Waals surface area contributed by atoms with Crippen LogP contribution in [0.4, 0.5) is 4.79 Å². The van der Waals surface area contributed by atoms with E-state index in [1.165, 1.54) is 21.1 Å². The molecule has 0 atom stereocenters. The molecule has 1 aliphatic carbocycles. The van der Waals surface area contributed by atoms with Crippen LogP contribution in [0.3, 0.4) is 0 Å². The van der Waals surface area contributed by atoms with Gasteiger partial charge in [-0.1, -0.05) is 0 Å². The predicted octanol–water partition coefficient (Wildman–Crippen LogP) is 4.11. The van der Waals surface area contributed by atoms with Crippen molar-refractivity contribution >= 4 is 64.5 Å². The normalized spacial score (nSPS) is 17.2. The van der Waals surface area contributed by atoms with Gasteiger partial charge < -0.3 is 10.1 Å². The van der Waals surface area contributed by atoms with E-state index in [4.69, 9.17) is 4.74 Å². The molecular formula is C20H29N3O4S4. The summed E-state index contributed by atoms with van der Waals surface area (Å²) >= 11 is 7.23. The van der Waals surface area contributed by atoms with Gasteiger partial charge in [-0.05, 0) is 51.9 Å². The molecule has 3 N–H and O–H groups in total. The topological polar surface area (TPSA) is 96.5 Å². The van der Waals surface area contributed by atoms with Crippen molar-refractivity contribution in [2.45, 2.75) is 60.3 Å². The molecule has 1 aliphatic heterocycles. The van der Waals surface area contributed by atoms with E-state index in [2.05, 4.69) is 22.4 Å². The van der Waals surface area contributed by atoms with Crippen LogP contribution in [0.15, 0.2) is 4.21 Å². The molecule has 172 valence electrons. The molecule has 11 heteroatoms. The van der Waals surface area contributed by atoms with Crippen LogP contribution in [-0.4, -0.2) is 47.8 Å². The highest BCUT2D eigenvalue weighted by Crippen LogP contribution is 2.61. The number of thioether (sulfide) groups is 3. The third-order valence-corrected chi connectivity index (χ3v) is 10.7. The Kier molecular flexibility index (Phi) is 8.15. The van der Waals surface area contributed by atoms with Gasteiger partial charge in [0.25, 0.3) is 5.91 Å². The van der Waals surface area contributed by atoms with Crippen LogP contribution in [0, 0.1) is 0 Å². The average Bonchev–Trinajstić information content (AvgIpc) is 3.30. The van der Waals surface area contributed by atoms with E-state index in [1.807, 2.05) is 23.5 Å². The summed E-state index contributed by atoms with van der Waals surface area (Å²) in [7, 11) is 0. The quantitative estimate of drug-likeness (QED) is 0.411. The van der Waals surface area contributed by atoms with Crippen molar-refractivity contribution in [1.29, 1.82) is 0 Å². The van der Waals surface area contributed by atoms with Gasteiger partial charge in [0.05, 0.1) is 13.2 Å². The zero-order valence-corrected chi connectivity index (χ0v) is 21.5. The van der Waals surface area contributed by atoms with Gasteiger partial charge in [0.15, 0.2) is 0 Å². The molecule has 0 radical (unpaired) electrons. The number of thiophene rings is 1. The van der Waals surface area contributed by atoms with E-state index in [-0.39, 0.29) is 28.9 Å². The summed E-state index contributed by atoms with van der Waals surface area (Å²) in [5, 5.41) is 2.53. The third-order valence-electron chi connectivity index (χ3n) is 4.77. The minimum absolute atomic E-state index is 0.0362. The Morgan fingerprint density at radius 3 is 2.52 bits per heavy atom. The maximum absolute atomic E-state index is 12.9. The van der Waals surface area contributed by atoms with Crippen molar-refractivity contribution in [3.63, 3.8) is 0 Å². The lowest BCUT2D eigenvalue weighted by molar-refractivity contribution is -0.121. The zero-order valence-electron chi connectivity index (χ0n) is 18.2. The fraction of sp³-hybridized carbons (Fsp3) is 0.650. The van der Waals surface area contributed by atoms with E-state index in [1.54, 1.807) is 32.5 Å². The Hall–Kier alpha value is -1.04.